The summed E-state index contributed by atoms with van der Waals surface area (Å²) in [5, 5.41) is 0. The Morgan fingerprint density at radius 2 is 2.12 bits per heavy atom. The highest BCUT2D eigenvalue weighted by Crippen LogP contribution is 2.57. The van der Waals surface area contributed by atoms with Crippen LogP contribution < -0.4 is 0 Å². The molecule has 0 aromatic rings. The maximum atomic E-state index is 11.6. The fraction of sp³-hybridized carbons (Fsp3) is 0.786. The lowest BCUT2D eigenvalue weighted by Gasteiger charge is -2.31. The van der Waals surface area contributed by atoms with Crippen LogP contribution in [-0.4, -0.2) is 12.1 Å². The number of hydrogen-bond donors (Lipinski definition) is 0. The topological polar surface area (TPSA) is 26.3 Å². The molecule has 0 amide bonds. The second kappa shape index (κ2) is 3.61. The van der Waals surface area contributed by atoms with Crippen molar-refractivity contribution in [2.24, 2.45) is 29.6 Å². The molecule has 0 aliphatic heterocycles. The van der Waals surface area contributed by atoms with Crippen LogP contribution in [0.3, 0.4) is 0 Å². The van der Waals surface area contributed by atoms with Crippen molar-refractivity contribution < 1.29 is 9.53 Å². The zero-order valence-corrected chi connectivity index (χ0v) is 10.1. The van der Waals surface area contributed by atoms with Gasteiger partial charge in [0.05, 0.1) is 5.92 Å². The SMILES string of the molecule is CC(C)C(=O)O[C@@H]1C[C@@H]2C[C@H]1[C@H]1C=CC[C@H]21. The monoisotopic (exact) mass is 220 g/mol. The first-order chi connectivity index (χ1) is 7.66. The maximum Gasteiger partial charge on any atom is 0.308 e. The molecule has 2 fully saturated rings. The van der Waals surface area contributed by atoms with Crippen LogP contribution in [0.2, 0.25) is 0 Å². The van der Waals surface area contributed by atoms with E-state index in [1.807, 2.05) is 13.8 Å². The Morgan fingerprint density at radius 1 is 1.31 bits per heavy atom. The van der Waals surface area contributed by atoms with Crippen LogP contribution in [0.4, 0.5) is 0 Å². The normalized spacial score (nSPS) is 44.1. The van der Waals surface area contributed by atoms with Crippen molar-refractivity contribution in [1.29, 1.82) is 0 Å². The van der Waals surface area contributed by atoms with Gasteiger partial charge in [0.25, 0.3) is 0 Å². The Hall–Kier alpha value is -0.790. The van der Waals surface area contributed by atoms with E-state index >= 15 is 0 Å². The van der Waals surface area contributed by atoms with Crippen LogP contribution in [0.25, 0.3) is 0 Å². The molecule has 0 saturated heterocycles. The smallest absolute Gasteiger partial charge is 0.308 e. The van der Waals surface area contributed by atoms with Gasteiger partial charge in [0.15, 0.2) is 0 Å². The molecule has 3 aliphatic carbocycles. The van der Waals surface area contributed by atoms with Crippen LogP contribution in [-0.2, 0) is 9.53 Å². The third-order valence-electron chi connectivity index (χ3n) is 4.69. The Bertz CT molecular complexity index is 332. The van der Waals surface area contributed by atoms with Crippen molar-refractivity contribution in [3.8, 4) is 0 Å². The Morgan fingerprint density at radius 3 is 2.88 bits per heavy atom. The average molecular weight is 220 g/mol. The van der Waals surface area contributed by atoms with Gasteiger partial charge in [-0.15, -0.1) is 0 Å². The summed E-state index contributed by atoms with van der Waals surface area (Å²) in [6.07, 6.45) is 8.56. The van der Waals surface area contributed by atoms with Gasteiger partial charge in [-0.2, -0.15) is 0 Å². The molecule has 3 rings (SSSR count). The lowest BCUT2D eigenvalue weighted by Crippen LogP contribution is -2.33. The molecule has 3 aliphatic rings. The predicted octanol–water partition coefficient (Wildman–Crippen LogP) is 2.79. The summed E-state index contributed by atoms with van der Waals surface area (Å²) in [7, 11) is 0. The molecule has 2 heteroatoms. The average Bonchev–Trinajstić information content (AvgIpc) is 2.87. The molecule has 16 heavy (non-hydrogen) atoms. The summed E-state index contributed by atoms with van der Waals surface area (Å²) in [5.41, 5.74) is 0. The van der Waals surface area contributed by atoms with Crippen molar-refractivity contribution in [2.75, 3.05) is 0 Å². The van der Waals surface area contributed by atoms with E-state index in [0.717, 1.165) is 18.3 Å². The van der Waals surface area contributed by atoms with Gasteiger partial charge in [0.2, 0.25) is 0 Å². The maximum absolute atomic E-state index is 11.6. The van der Waals surface area contributed by atoms with E-state index in [-0.39, 0.29) is 18.0 Å². The second-order valence-electron chi connectivity index (χ2n) is 5.93. The lowest BCUT2D eigenvalue weighted by molar-refractivity contribution is -0.156. The minimum absolute atomic E-state index is 0.00837. The summed E-state index contributed by atoms with van der Waals surface area (Å²) < 4.78 is 5.64. The number of fused-ring (bicyclic) bond motifs is 5. The van der Waals surface area contributed by atoms with Crippen molar-refractivity contribution in [3.63, 3.8) is 0 Å². The van der Waals surface area contributed by atoms with Gasteiger partial charge >= 0.3 is 5.97 Å². The second-order valence-corrected chi connectivity index (χ2v) is 5.93. The van der Waals surface area contributed by atoms with E-state index in [9.17, 15) is 4.79 Å². The van der Waals surface area contributed by atoms with Gasteiger partial charge in [-0.25, -0.2) is 0 Å². The highest BCUT2D eigenvalue weighted by molar-refractivity contribution is 5.71. The fourth-order valence-corrected chi connectivity index (χ4v) is 3.91. The van der Waals surface area contributed by atoms with Gasteiger partial charge < -0.3 is 4.74 Å². The number of rotatable bonds is 2. The van der Waals surface area contributed by atoms with E-state index in [1.165, 1.54) is 12.8 Å². The van der Waals surface area contributed by atoms with E-state index in [0.29, 0.717) is 11.8 Å². The molecule has 0 spiro atoms. The summed E-state index contributed by atoms with van der Waals surface area (Å²) in [5.74, 6) is 3.01. The molecule has 0 N–H and O–H groups in total. The summed E-state index contributed by atoms with van der Waals surface area (Å²) in [6, 6.07) is 0. The minimum Gasteiger partial charge on any atom is -0.462 e. The molecule has 0 aromatic carbocycles. The summed E-state index contributed by atoms with van der Waals surface area (Å²) >= 11 is 0. The molecule has 2 nitrogen and oxygen atoms in total. The quantitative estimate of drug-likeness (QED) is 0.528. The Labute approximate surface area is 97.1 Å². The third-order valence-corrected chi connectivity index (χ3v) is 4.69. The lowest BCUT2D eigenvalue weighted by atomic mass is 9.80. The third kappa shape index (κ3) is 1.42. The largest absolute Gasteiger partial charge is 0.462 e. The zero-order chi connectivity index (χ0) is 11.3. The van der Waals surface area contributed by atoms with Crippen molar-refractivity contribution >= 4 is 5.97 Å². The molecule has 2 bridgehead atoms. The van der Waals surface area contributed by atoms with Crippen molar-refractivity contribution in [3.05, 3.63) is 12.2 Å². The Kier molecular flexibility index (Phi) is 2.34. The fourth-order valence-electron chi connectivity index (χ4n) is 3.91. The summed E-state index contributed by atoms with van der Waals surface area (Å²) in [4.78, 5) is 11.6. The highest BCUT2D eigenvalue weighted by Gasteiger charge is 2.53. The minimum atomic E-state index is -0.0175. The number of esters is 1. The van der Waals surface area contributed by atoms with Gasteiger partial charge in [0.1, 0.15) is 6.10 Å². The van der Waals surface area contributed by atoms with E-state index in [4.69, 9.17) is 4.74 Å². The first kappa shape index (κ1) is 10.4. The zero-order valence-electron chi connectivity index (χ0n) is 10.1. The van der Waals surface area contributed by atoms with E-state index in [1.54, 1.807) is 0 Å². The molecule has 88 valence electrons. The van der Waals surface area contributed by atoms with Gasteiger partial charge in [-0.05, 0) is 37.0 Å². The standard InChI is InChI=1S/C14H20O2/c1-8(2)14(15)16-13-7-9-6-12(13)11-5-3-4-10(9)11/h3,5,8-13H,4,6-7H2,1-2H3/t9-,10+,11-,12-,13+/m0/s1. The molecule has 0 heterocycles. The van der Waals surface area contributed by atoms with Crippen LogP contribution >= 0.6 is 0 Å². The van der Waals surface area contributed by atoms with E-state index < -0.39 is 0 Å². The van der Waals surface area contributed by atoms with Gasteiger partial charge in [0, 0.05) is 5.92 Å². The predicted molar refractivity (Wildman–Crippen MR) is 61.7 cm³/mol. The molecule has 2 saturated carbocycles. The van der Waals surface area contributed by atoms with Crippen LogP contribution in [0, 0.1) is 29.6 Å². The van der Waals surface area contributed by atoms with Crippen LogP contribution in [0.1, 0.15) is 33.1 Å². The highest BCUT2D eigenvalue weighted by atomic mass is 16.5. The Balaban J connectivity index is 1.68. The number of hydrogen-bond acceptors (Lipinski definition) is 2. The van der Waals surface area contributed by atoms with Crippen molar-refractivity contribution in [1.82, 2.24) is 0 Å². The molecule has 0 unspecified atom stereocenters. The first-order valence-corrected chi connectivity index (χ1v) is 6.54. The number of carbonyl (C=O) groups is 1. The molecular formula is C14H20O2. The van der Waals surface area contributed by atoms with Gasteiger partial charge in [-0.3, -0.25) is 4.79 Å². The molecule has 5 atom stereocenters. The van der Waals surface area contributed by atoms with Gasteiger partial charge in [-0.1, -0.05) is 26.0 Å². The van der Waals surface area contributed by atoms with Crippen LogP contribution in [0.15, 0.2) is 12.2 Å². The molecule has 0 radical (unpaired) electrons. The summed E-state index contributed by atoms with van der Waals surface area (Å²) in [6.45, 7) is 3.82. The van der Waals surface area contributed by atoms with Crippen LogP contribution in [0.5, 0.6) is 0 Å². The number of ether oxygens (including phenoxy) is 1. The molecule has 0 aromatic heterocycles. The van der Waals surface area contributed by atoms with E-state index in [2.05, 4.69) is 12.2 Å². The molecular weight excluding hydrogens is 200 g/mol. The van der Waals surface area contributed by atoms with Crippen molar-refractivity contribution in [2.45, 2.75) is 39.2 Å². The first-order valence-electron chi connectivity index (χ1n) is 6.54. The number of carbonyl (C=O) groups excluding carboxylic acids is 1. The number of allylic oxidation sites excluding steroid dienone is 2.